The molecule has 0 radical (unpaired) electrons. The average Bonchev–Trinajstić information content (AvgIpc) is 2.21. The minimum Gasteiger partial charge on any atom is -0.390 e. The first-order valence-corrected chi connectivity index (χ1v) is 3.86. The van der Waals surface area contributed by atoms with E-state index >= 15 is 0 Å². The summed E-state index contributed by atoms with van der Waals surface area (Å²) in [7, 11) is 0. The molecule has 0 aromatic heterocycles. The Morgan fingerprint density at radius 1 is 1.46 bits per heavy atom. The highest BCUT2D eigenvalue weighted by atomic mass is 16.3. The van der Waals surface area contributed by atoms with Crippen LogP contribution in [0.2, 0.25) is 0 Å². The topological polar surface area (TPSA) is 68.5 Å². The molecule has 0 saturated heterocycles. The molecule has 68 valence electrons. The van der Waals surface area contributed by atoms with Gasteiger partial charge in [-0.3, -0.25) is 0 Å². The second-order valence-electron chi connectivity index (χ2n) is 2.42. The Labute approximate surface area is 76.4 Å². The fraction of sp³-hybridized carbons (Fsp3) is 0.111. The summed E-state index contributed by atoms with van der Waals surface area (Å²) >= 11 is 0. The Morgan fingerprint density at radius 3 is 2.69 bits per heavy atom. The van der Waals surface area contributed by atoms with Crippen LogP contribution >= 0.6 is 0 Å². The van der Waals surface area contributed by atoms with Gasteiger partial charge in [0.2, 0.25) is 0 Å². The number of nitrogens with one attached hydrogen (secondary N) is 2. The lowest BCUT2D eigenvalue weighted by atomic mass is 10.3. The normalized spacial score (nSPS) is 11.0. The summed E-state index contributed by atoms with van der Waals surface area (Å²) in [5.41, 5.74) is 7.88. The average molecular weight is 177 g/mol. The van der Waals surface area contributed by atoms with Crippen LogP contribution < -0.4 is 5.32 Å². The quantitative estimate of drug-likeness (QED) is 0.615. The summed E-state index contributed by atoms with van der Waals surface area (Å²) in [5.74, 6) is 0. The molecule has 13 heavy (non-hydrogen) atoms. The second-order valence-corrected chi connectivity index (χ2v) is 2.42. The van der Waals surface area contributed by atoms with Crippen LogP contribution in [0.4, 0.5) is 5.69 Å². The first-order valence-electron chi connectivity index (χ1n) is 3.86. The van der Waals surface area contributed by atoms with E-state index in [-0.39, 0.29) is 6.61 Å². The highest BCUT2D eigenvalue weighted by Crippen LogP contribution is 2.05. The maximum atomic E-state index is 8.68. The molecule has 0 spiro atoms. The van der Waals surface area contributed by atoms with Gasteiger partial charge < -0.3 is 10.4 Å². The van der Waals surface area contributed by atoms with Gasteiger partial charge in [-0.25, -0.2) is 5.53 Å². The van der Waals surface area contributed by atoms with E-state index in [2.05, 4.69) is 10.4 Å². The molecule has 0 heterocycles. The predicted octanol–water partition coefficient (Wildman–Crippen LogP) is 1.96. The van der Waals surface area contributed by atoms with Crippen molar-refractivity contribution in [2.24, 2.45) is 5.11 Å². The lowest BCUT2D eigenvalue weighted by Crippen LogP contribution is -1.92. The number of nitrogens with zero attached hydrogens (tertiary/aromatic N) is 1. The second kappa shape index (κ2) is 5.05. The zero-order valence-corrected chi connectivity index (χ0v) is 7.07. The first kappa shape index (κ1) is 9.41. The van der Waals surface area contributed by atoms with Crippen molar-refractivity contribution in [1.29, 1.82) is 5.53 Å². The van der Waals surface area contributed by atoms with Crippen LogP contribution in [0.5, 0.6) is 0 Å². The molecule has 3 N–H and O–H groups in total. The van der Waals surface area contributed by atoms with Crippen LogP contribution in [0, 0.1) is 5.53 Å². The molecule has 0 saturated carbocycles. The smallest absolute Gasteiger partial charge is 0.104 e. The third-order valence-corrected chi connectivity index (χ3v) is 1.48. The van der Waals surface area contributed by atoms with Gasteiger partial charge in [0.25, 0.3) is 0 Å². The van der Waals surface area contributed by atoms with Crippen molar-refractivity contribution in [1.82, 2.24) is 0 Å². The van der Waals surface area contributed by atoms with E-state index in [9.17, 15) is 0 Å². The standard InChI is InChI=1S/C9H11N3O/c10-12-9(7-13)6-11-8-4-2-1-3-5-8/h1-6,10-11,13H,7H2/b9-6-,12-10?. The predicted molar refractivity (Wildman–Crippen MR) is 50.4 cm³/mol. The van der Waals surface area contributed by atoms with Gasteiger partial charge in [0.1, 0.15) is 5.70 Å². The summed E-state index contributed by atoms with van der Waals surface area (Å²) in [6, 6.07) is 9.47. The molecule has 4 nitrogen and oxygen atoms in total. The Morgan fingerprint density at radius 2 is 2.15 bits per heavy atom. The molecule has 4 heteroatoms. The van der Waals surface area contributed by atoms with Crippen molar-refractivity contribution in [3.05, 3.63) is 42.2 Å². The molecule has 0 fully saturated rings. The molecule has 1 aromatic carbocycles. The van der Waals surface area contributed by atoms with Crippen molar-refractivity contribution < 1.29 is 5.11 Å². The van der Waals surface area contributed by atoms with Gasteiger partial charge in [-0.15, -0.1) is 0 Å². The first-order chi connectivity index (χ1) is 6.36. The monoisotopic (exact) mass is 177 g/mol. The van der Waals surface area contributed by atoms with Crippen LogP contribution in [0.25, 0.3) is 0 Å². The van der Waals surface area contributed by atoms with Crippen LogP contribution in [0.3, 0.4) is 0 Å². The molecular weight excluding hydrogens is 166 g/mol. The molecule has 0 aliphatic heterocycles. The van der Waals surface area contributed by atoms with Gasteiger partial charge in [0.05, 0.1) is 6.61 Å². The summed E-state index contributed by atoms with van der Waals surface area (Å²) in [6.07, 6.45) is 1.50. The highest BCUT2D eigenvalue weighted by Gasteiger charge is 1.90. The van der Waals surface area contributed by atoms with E-state index in [0.29, 0.717) is 5.70 Å². The Hall–Kier alpha value is -1.68. The molecular formula is C9H11N3O. The number of rotatable bonds is 4. The Balaban J connectivity index is 2.60. The fourth-order valence-corrected chi connectivity index (χ4v) is 0.814. The third-order valence-electron chi connectivity index (χ3n) is 1.48. The minimum absolute atomic E-state index is 0.233. The number of benzene rings is 1. The van der Waals surface area contributed by atoms with Gasteiger partial charge in [-0.2, -0.15) is 5.11 Å². The summed E-state index contributed by atoms with van der Waals surface area (Å²) in [5, 5.41) is 14.7. The molecule has 0 bridgehead atoms. The molecule has 0 aliphatic rings. The Kier molecular flexibility index (Phi) is 3.66. The van der Waals surface area contributed by atoms with Gasteiger partial charge >= 0.3 is 0 Å². The molecule has 0 unspecified atom stereocenters. The fourth-order valence-electron chi connectivity index (χ4n) is 0.814. The number of hydrogen-bond acceptors (Lipinski definition) is 4. The number of hydrogen-bond donors (Lipinski definition) is 3. The van der Waals surface area contributed by atoms with E-state index in [1.54, 1.807) is 0 Å². The molecule has 0 amide bonds. The number of anilines is 1. The van der Waals surface area contributed by atoms with E-state index in [1.165, 1.54) is 6.20 Å². The molecule has 1 rings (SSSR count). The lowest BCUT2D eigenvalue weighted by Gasteiger charge is -2.00. The zero-order chi connectivity index (χ0) is 9.52. The van der Waals surface area contributed by atoms with Crippen molar-refractivity contribution in [2.45, 2.75) is 0 Å². The number of para-hydroxylation sites is 1. The van der Waals surface area contributed by atoms with E-state index in [4.69, 9.17) is 10.6 Å². The summed E-state index contributed by atoms with van der Waals surface area (Å²) in [4.78, 5) is 0. The van der Waals surface area contributed by atoms with Crippen LogP contribution in [0.15, 0.2) is 47.3 Å². The largest absolute Gasteiger partial charge is 0.390 e. The van der Waals surface area contributed by atoms with Crippen molar-refractivity contribution in [3.63, 3.8) is 0 Å². The molecule has 0 aliphatic carbocycles. The molecule has 0 atom stereocenters. The van der Waals surface area contributed by atoms with E-state index < -0.39 is 0 Å². The number of aliphatic hydroxyl groups is 1. The third kappa shape index (κ3) is 3.04. The SMILES string of the molecule is N=N/C(=C\Nc1ccccc1)CO. The highest BCUT2D eigenvalue weighted by molar-refractivity contribution is 5.45. The van der Waals surface area contributed by atoms with Gasteiger partial charge in [0, 0.05) is 11.9 Å². The Bertz CT molecular complexity index is 295. The van der Waals surface area contributed by atoms with E-state index in [0.717, 1.165) is 5.69 Å². The summed E-state index contributed by atoms with van der Waals surface area (Å²) < 4.78 is 0. The lowest BCUT2D eigenvalue weighted by molar-refractivity contribution is 0.328. The minimum atomic E-state index is -0.233. The van der Waals surface area contributed by atoms with Crippen molar-refractivity contribution in [3.8, 4) is 0 Å². The van der Waals surface area contributed by atoms with Crippen LogP contribution in [0.1, 0.15) is 0 Å². The van der Waals surface area contributed by atoms with Gasteiger partial charge in [-0.1, -0.05) is 18.2 Å². The van der Waals surface area contributed by atoms with Crippen molar-refractivity contribution >= 4 is 5.69 Å². The maximum Gasteiger partial charge on any atom is 0.104 e. The van der Waals surface area contributed by atoms with E-state index in [1.807, 2.05) is 30.3 Å². The number of aliphatic hydroxyl groups excluding tert-OH is 1. The van der Waals surface area contributed by atoms with Crippen molar-refractivity contribution in [2.75, 3.05) is 11.9 Å². The zero-order valence-electron chi connectivity index (χ0n) is 7.07. The van der Waals surface area contributed by atoms with Crippen LogP contribution in [-0.2, 0) is 0 Å². The van der Waals surface area contributed by atoms with Gasteiger partial charge in [-0.05, 0) is 12.1 Å². The van der Waals surface area contributed by atoms with Gasteiger partial charge in [0.15, 0.2) is 0 Å². The summed E-state index contributed by atoms with van der Waals surface area (Å²) in [6.45, 7) is -0.233. The van der Waals surface area contributed by atoms with Crippen LogP contribution in [-0.4, -0.2) is 11.7 Å². The molecule has 1 aromatic rings. The maximum absolute atomic E-state index is 8.68.